The second kappa shape index (κ2) is 7.23. The monoisotopic (exact) mass is 308 g/mol. The zero-order valence-corrected chi connectivity index (χ0v) is 12.9. The Balaban J connectivity index is 1.92. The molecule has 0 radical (unpaired) electrons. The minimum atomic E-state index is -0.547. The fraction of sp³-hybridized carbons (Fsp3) is 0.167. The van der Waals surface area contributed by atoms with Crippen molar-refractivity contribution in [1.29, 1.82) is 5.26 Å². The van der Waals surface area contributed by atoms with Crippen molar-refractivity contribution < 1.29 is 14.3 Å². The third-order valence-electron chi connectivity index (χ3n) is 3.35. The number of carbonyl (C=O) groups excluding carboxylic acids is 2. The SMILES string of the molecule is Cc1ccc(C(=O)OCC(=O)Nc2cccc(C#N)c2)cc1C. The van der Waals surface area contributed by atoms with Crippen LogP contribution >= 0.6 is 0 Å². The fourth-order valence-corrected chi connectivity index (χ4v) is 1.95. The summed E-state index contributed by atoms with van der Waals surface area (Å²) in [5.74, 6) is -1.01. The zero-order valence-electron chi connectivity index (χ0n) is 12.9. The molecule has 5 heteroatoms. The summed E-state index contributed by atoms with van der Waals surface area (Å²) in [6, 6.07) is 13.7. The molecule has 2 aromatic rings. The molecule has 0 saturated carbocycles. The molecule has 0 aliphatic heterocycles. The minimum Gasteiger partial charge on any atom is -0.452 e. The van der Waals surface area contributed by atoms with Crippen LogP contribution in [0.15, 0.2) is 42.5 Å². The number of hydrogen-bond acceptors (Lipinski definition) is 4. The first-order chi connectivity index (χ1) is 11.0. The number of benzene rings is 2. The molecule has 23 heavy (non-hydrogen) atoms. The van der Waals surface area contributed by atoms with Crippen molar-refractivity contribution in [1.82, 2.24) is 0 Å². The summed E-state index contributed by atoms with van der Waals surface area (Å²) in [6.07, 6.45) is 0. The number of ether oxygens (including phenoxy) is 1. The summed E-state index contributed by atoms with van der Waals surface area (Å²) in [5.41, 5.74) is 3.40. The molecule has 116 valence electrons. The lowest BCUT2D eigenvalue weighted by atomic mass is 10.1. The van der Waals surface area contributed by atoms with Crippen molar-refractivity contribution >= 4 is 17.6 Å². The maximum absolute atomic E-state index is 11.9. The number of nitriles is 1. The maximum atomic E-state index is 11.9. The van der Waals surface area contributed by atoms with E-state index in [0.717, 1.165) is 11.1 Å². The van der Waals surface area contributed by atoms with Crippen LogP contribution < -0.4 is 5.32 Å². The van der Waals surface area contributed by atoms with Gasteiger partial charge in [-0.2, -0.15) is 5.26 Å². The highest BCUT2D eigenvalue weighted by Crippen LogP contribution is 2.12. The van der Waals surface area contributed by atoms with Crippen LogP contribution in [0.3, 0.4) is 0 Å². The van der Waals surface area contributed by atoms with Gasteiger partial charge in [-0.15, -0.1) is 0 Å². The smallest absolute Gasteiger partial charge is 0.338 e. The highest BCUT2D eigenvalue weighted by Gasteiger charge is 2.11. The lowest BCUT2D eigenvalue weighted by molar-refractivity contribution is -0.119. The summed E-state index contributed by atoms with van der Waals surface area (Å²) < 4.78 is 5.00. The van der Waals surface area contributed by atoms with Gasteiger partial charge in [0.2, 0.25) is 0 Å². The first-order valence-electron chi connectivity index (χ1n) is 7.04. The Morgan fingerprint density at radius 3 is 2.61 bits per heavy atom. The van der Waals surface area contributed by atoms with Gasteiger partial charge in [-0.1, -0.05) is 12.1 Å². The molecule has 1 amide bonds. The molecule has 2 rings (SSSR count). The predicted molar refractivity (Wildman–Crippen MR) is 86.0 cm³/mol. The van der Waals surface area contributed by atoms with E-state index in [9.17, 15) is 9.59 Å². The van der Waals surface area contributed by atoms with E-state index in [1.54, 1.807) is 36.4 Å². The Bertz CT molecular complexity index is 791. The molecule has 1 N–H and O–H groups in total. The maximum Gasteiger partial charge on any atom is 0.338 e. The van der Waals surface area contributed by atoms with Crippen molar-refractivity contribution in [2.45, 2.75) is 13.8 Å². The van der Waals surface area contributed by atoms with Gasteiger partial charge in [0.1, 0.15) is 0 Å². The second-order valence-electron chi connectivity index (χ2n) is 5.12. The molecule has 0 spiro atoms. The number of nitrogens with one attached hydrogen (secondary N) is 1. The Hall–Kier alpha value is -3.13. The first kappa shape index (κ1) is 16.2. The Kier molecular flexibility index (Phi) is 5.11. The minimum absolute atomic E-state index is 0.386. The molecule has 0 bridgehead atoms. The van der Waals surface area contributed by atoms with Gasteiger partial charge in [-0.3, -0.25) is 4.79 Å². The lowest BCUT2D eigenvalue weighted by Crippen LogP contribution is -2.21. The molecule has 0 aliphatic carbocycles. The largest absolute Gasteiger partial charge is 0.452 e. The number of esters is 1. The van der Waals surface area contributed by atoms with E-state index in [2.05, 4.69) is 5.32 Å². The van der Waals surface area contributed by atoms with Gasteiger partial charge in [0, 0.05) is 5.69 Å². The summed E-state index contributed by atoms with van der Waals surface area (Å²) >= 11 is 0. The third-order valence-corrected chi connectivity index (χ3v) is 3.35. The zero-order chi connectivity index (χ0) is 16.8. The summed E-state index contributed by atoms with van der Waals surface area (Å²) in [5, 5.41) is 11.4. The predicted octanol–water partition coefficient (Wildman–Crippen LogP) is 2.97. The van der Waals surface area contributed by atoms with E-state index >= 15 is 0 Å². The number of rotatable bonds is 4. The second-order valence-corrected chi connectivity index (χ2v) is 5.12. The third kappa shape index (κ3) is 4.42. The van der Waals surface area contributed by atoms with Crippen LogP contribution in [0.2, 0.25) is 0 Å². The molecular formula is C18H16N2O3. The van der Waals surface area contributed by atoms with E-state index in [1.807, 2.05) is 26.0 Å². The van der Waals surface area contributed by atoms with Crippen molar-refractivity contribution in [2.24, 2.45) is 0 Å². The molecular weight excluding hydrogens is 292 g/mol. The van der Waals surface area contributed by atoms with Crippen LogP contribution in [0.25, 0.3) is 0 Å². The van der Waals surface area contributed by atoms with E-state index in [-0.39, 0.29) is 6.61 Å². The van der Waals surface area contributed by atoms with Crippen LogP contribution in [0.5, 0.6) is 0 Å². The summed E-state index contributed by atoms with van der Waals surface area (Å²) in [6.45, 7) is 3.47. The average molecular weight is 308 g/mol. The van der Waals surface area contributed by atoms with E-state index < -0.39 is 11.9 Å². The Morgan fingerprint density at radius 2 is 1.91 bits per heavy atom. The van der Waals surface area contributed by atoms with Crippen LogP contribution in [0.1, 0.15) is 27.0 Å². The molecule has 0 aromatic heterocycles. The molecule has 2 aromatic carbocycles. The Labute approximate surface area is 134 Å². The van der Waals surface area contributed by atoms with Crippen LogP contribution in [0.4, 0.5) is 5.69 Å². The molecule has 0 unspecified atom stereocenters. The van der Waals surface area contributed by atoms with Gasteiger partial charge < -0.3 is 10.1 Å². The number of hydrogen-bond donors (Lipinski definition) is 1. The van der Waals surface area contributed by atoms with Gasteiger partial charge in [0.25, 0.3) is 5.91 Å². The van der Waals surface area contributed by atoms with Crippen molar-refractivity contribution in [3.63, 3.8) is 0 Å². The van der Waals surface area contributed by atoms with Crippen molar-refractivity contribution in [2.75, 3.05) is 11.9 Å². The fourth-order valence-electron chi connectivity index (χ4n) is 1.95. The normalized spacial score (nSPS) is 9.78. The molecule has 0 atom stereocenters. The topological polar surface area (TPSA) is 79.2 Å². The van der Waals surface area contributed by atoms with Crippen LogP contribution in [-0.2, 0) is 9.53 Å². The van der Waals surface area contributed by atoms with Crippen molar-refractivity contribution in [3.05, 3.63) is 64.7 Å². The number of carbonyl (C=O) groups is 2. The molecule has 5 nitrogen and oxygen atoms in total. The highest BCUT2D eigenvalue weighted by molar-refractivity contribution is 5.95. The Morgan fingerprint density at radius 1 is 1.13 bits per heavy atom. The van der Waals surface area contributed by atoms with Gasteiger partial charge >= 0.3 is 5.97 Å². The first-order valence-corrected chi connectivity index (χ1v) is 7.04. The number of amides is 1. The van der Waals surface area contributed by atoms with Crippen LogP contribution in [0, 0.1) is 25.2 Å². The lowest BCUT2D eigenvalue weighted by Gasteiger charge is -2.08. The number of nitrogens with zero attached hydrogens (tertiary/aromatic N) is 1. The molecule has 0 aliphatic rings. The summed E-state index contributed by atoms with van der Waals surface area (Å²) in [4.78, 5) is 23.7. The van der Waals surface area contributed by atoms with Crippen molar-refractivity contribution in [3.8, 4) is 6.07 Å². The van der Waals surface area contributed by atoms with E-state index in [0.29, 0.717) is 16.8 Å². The molecule has 0 fully saturated rings. The average Bonchev–Trinajstić information content (AvgIpc) is 2.55. The van der Waals surface area contributed by atoms with E-state index in [4.69, 9.17) is 10.00 Å². The number of aryl methyl sites for hydroxylation is 2. The molecule has 0 heterocycles. The quantitative estimate of drug-likeness (QED) is 0.881. The standard InChI is InChI=1S/C18H16N2O3/c1-12-6-7-15(8-13(12)2)18(22)23-11-17(21)20-16-5-3-4-14(9-16)10-19/h3-9H,11H2,1-2H3,(H,20,21). The van der Waals surface area contributed by atoms with Gasteiger partial charge in [0.05, 0.1) is 17.2 Å². The number of anilines is 1. The van der Waals surface area contributed by atoms with Gasteiger partial charge in [0.15, 0.2) is 6.61 Å². The van der Waals surface area contributed by atoms with Gasteiger partial charge in [-0.05, 0) is 55.3 Å². The van der Waals surface area contributed by atoms with Gasteiger partial charge in [-0.25, -0.2) is 4.79 Å². The van der Waals surface area contributed by atoms with E-state index in [1.165, 1.54) is 0 Å². The summed E-state index contributed by atoms with van der Waals surface area (Å²) in [7, 11) is 0. The van der Waals surface area contributed by atoms with Crippen LogP contribution in [-0.4, -0.2) is 18.5 Å². The molecule has 0 saturated heterocycles. The highest BCUT2D eigenvalue weighted by atomic mass is 16.5.